The lowest BCUT2D eigenvalue weighted by Gasteiger charge is -2.10. The fourth-order valence-corrected chi connectivity index (χ4v) is 4.42. The molecule has 4 aromatic heterocycles. The van der Waals surface area contributed by atoms with Crippen LogP contribution in [-0.2, 0) is 20.1 Å². The van der Waals surface area contributed by atoms with E-state index in [0.717, 1.165) is 33.9 Å². The van der Waals surface area contributed by atoms with Crippen LogP contribution in [0.2, 0.25) is 0 Å². The van der Waals surface area contributed by atoms with Gasteiger partial charge >= 0.3 is 0 Å². The van der Waals surface area contributed by atoms with Gasteiger partial charge in [-0.25, -0.2) is 14.4 Å². The summed E-state index contributed by atoms with van der Waals surface area (Å²) in [5, 5.41) is 10.7. The van der Waals surface area contributed by atoms with Gasteiger partial charge in [0.2, 0.25) is 0 Å². The highest BCUT2D eigenvalue weighted by Crippen LogP contribution is 2.22. The molecule has 0 fully saturated rings. The van der Waals surface area contributed by atoms with Crippen molar-refractivity contribution in [3.05, 3.63) is 83.3 Å². The molecule has 0 aliphatic rings. The van der Waals surface area contributed by atoms with Crippen LogP contribution in [-0.4, -0.2) is 33.7 Å². The van der Waals surface area contributed by atoms with Gasteiger partial charge in [0.05, 0.1) is 42.8 Å². The Kier molecular flexibility index (Phi) is 5.28. The first-order chi connectivity index (χ1) is 15.6. The van der Waals surface area contributed by atoms with Crippen molar-refractivity contribution >= 4 is 17.0 Å². The summed E-state index contributed by atoms with van der Waals surface area (Å²) in [6.07, 6.45) is 12.4. The van der Waals surface area contributed by atoms with Crippen molar-refractivity contribution in [2.75, 3.05) is 0 Å². The Labute approximate surface area is 187 Å². The molecule has 162 valence electrons. The fraction of sp³-hybridized carbons (Fsp3) is 0.182. The topological polar surface area (TPSA) is 70.8 Å². The van der Waals surface area contributed by atoms with Crippen molar-refractivity contribution in [2.45, 2.75) is 20.0 Å². The molecule has 0 N–H and O–H groups in total. The molecular weight excluding hydrogens is 427 g/mol. The summed E-state index contributed by atoms with van der Waals surface area (Å²) < 4.78 is 22.2. The van der Waals surface area contributed by atoms with E-state index in [1.54, 1.807) is 46.3 Å². The molecule has 4 heterocycles. The highest BCUT2D eigenvalue weighted by Gasteiger charge is 2.13. The third-order valence-corrected chi connectivity index (χ3v) is 5.97. The number of rotatable bonds is 6. The number of imidazole rings is 1. The monoisotopic (exact) mass is 448 g/mol. The molecule has 5 rings (SSSR count). The predicted octanol–water partition coefficient (Wildman–Crippen LogP) is 3.77. The Morgan fingerprint density at radius 2 is 2.06 bits per heavy atom. The van der Waals surface area contributed by atoms with Gasteiger partial charge in [0.15, 0.2) is 4.80 Å². The Morgan fingerprint density at radius 1 is 1.16 bits per heavy atom. The molecule has 0 spiro atoms. The number of aromatic nitrogens is 7. The minimum atomic E-state index is -0.304. The molecule has 32 heavy (non-hydrogen) atoms. The van der Waals surface area contributed by atoms with Gasteiger partial charge < -0.3 is 9.13 Å². The summed E-state index contributed by atoms with van der Waals surface area (Å²) in [6, 6.07) is 5.26. The van der Waals surface area contributed by atoms with Crippen molar-refractivity contribution in [3.63, 3.8) is 0 Å². The summed E-state index contributed by atoms with van der Waals surface area (Å²) in [4.78, 5) is 9.60. The summed E-state index contributed by atoms with van der Waals surface area (Å²) in [5.41, 5.74) is 4.03. The molecule has 0 amide bonds. The van der Waals surface area contributed by atoms with Crippen molar-refractivity contribution in [1.29, 1.82) is 0 Å². The summed E-state index contributed by atoms with van der Waals surface area (Å²) in [5.74, 6) is -0.304. The molecule has 10 heteroatoms. The van der Waals surface area contributed by atoms with Crippen LogP contribution in [0.3, 0.4) is 0 Å². The maximum atomic E-state index is 14.9. The van der Waals surface area contributed by atoms with E-state index in [-0.39, 0.29) is 5.82 Å². The quantitative estimate of drug-likeness (QED) is 0.397. The van der Waals surface area contributed by atoms with Crippen LogP contribution in [0.25, 0.3) is 16.9 Å². The molecule has 1 aromatic carbocycles. The Hall–Kier alpha value is -3.79. The molecular formula is C22H21FN8S. The molecule has 0 aliphatic carbocycles. The van der Waals surface area contributed by atoms with Crippen molar-refractivity contribution in [3.8, 4) is 16.9 Å². The van der Waals surface area contributed by atoms with E-state index in [0.29, 0.717) is 12.2 Å². The molecule has 0 saturated heterocycles. The first-order valence-corrected chi connectivity index (χ1v) is 11.0. The number of aryl methyl sites for hydroxylation is 2. The van der Waals surface area contributed by atoms with Gasteiger partial charge in [-0.15, -0.1) is 11.3 Å². The second-order valence-electron chi connectivity index (χ2n) is 7.31. The molecule has 8 nitrogen and oxygen atoms in total. The van der Waals surface area contributed by atoms with Crippen LogP contribution in [0.5, 0.6) is 0 Å². The smallest absolute Gasteiger partial charge is 0.190 e. The third-order valence-electron chi connectivity index (χ3n) is 5.10. The molecule has 0 aliphatic heterocycles. The van der Waals surface area contributed by atoms with Crippen LogP contribution in [0, 0.1) is 5.82 Å². The lowest BCUT2D eigenvalue weighted by molar-refractivity contribution is 0.613. The van der Waals surface area contributed by atoms with Crippen molar-refractivity contribution in [2.24, 2.45) is 12.0 Å². The SMILES string of the molecule is CCn1cc(N=c2scc(-c3cnn(C)c3)n2Cc2ccc(-n3ccnc3)c(F)c2)cn1. The van der Waals surface area contributed by atoms with E-state index < -0.39 is 0 Å². The Morgan fingerprint density at radius 3 is 2.75 bits per heavy atom. The number of halogens is 1. The molecule has 0 saturated carbocycles. The average Bonchev–Trinajstić information content (AvgIpc) is 3.57. The summed E-state index contributed by atoms with van der Waals surface area (Å²) in [7, 11) is 1.88. The van der Waals surface area contributed by atoms with Crippen LogP contribution < -0.4 is 4.80 Å². The Bertz CT molecular complexity index is 1420. The van der Waals surface area contributed by atoms with Gasteiger partial charge in [-0.1, -0.05) is 6.07 Å². The number of nitrogens with zero attached hydrogens (tertiary/aromatic N) is 8. The largest absolute Gasteiger partial charge is 0.312 e. The summed E-state index contributed by atoms with van der Waals surface area (Å²) in [6.45, 7) is 3.28. The van der Waals surface area contributed by atoms with Crippen molar-refractivity contribution < 1.29 is 4.39 Å². The van der Waals surface area contributed by atoms with Gasteiger partial charge in [-0.05, 0) is 24.6 Å². The van der Waals surface area contributed by atoms with Gasteiger partial charge in [-0.2, -0.15) is 10.2 Å². The lowest BCUT2D eigenvalue weighted by atomic mass is 10.2. The fourth-order valence-electron chi connectivity index (χ4n) is 3.49. The maximum Gasteiger partial charge on any atom is 0.190 e. The zero-order chi connectivity index (χ0) is 22.1. The molecule has 0 atom stereocenters. The predicted molar refractivity (Wildman–Crippen MR) is 120 cm³/mol. The number of thiazole rings is 1. The van der Waals surface area contributed by atoms with E-state index in [1.807, 2.05) is 43.3 Å². The number of hydrogen-bond acceptors (Lipinski definition) is 5. The van der Waals surface area contributed by atoms with Crippen LogP contribution in [0.4, 0.5) is 10.1 Å². The first kappa shape index (κ1) is 20.1. The molecule has 0 bridgehead atoms. The molecule has 0 radical (unpaired) electrons. The zero-order valence-corrected chi connectivity index (χ0v) is 18.4. The minimum Gasteiger partial charge on any atom is -0.312 e. The number of hydrogen-bond donors (Lipinski definition) is 0. The van der Waals surface area contributed by atoms with Crippen molar-refractivity contribution in [1.82, 2.24) is 33.7 Å². The van der Waals surface area contributed by atoms with E-state index in [9.17, 15) is 4.39 Å². The van der Waals surface area contributed by atoms with E-state index in [4.69, 9.17) is 4.99 Å². The van der Waals surface area contributed by atoms with Gasteiger partial charge in [0.1, 0.15) is 11.5 Å². The van der Waals surface area contributed by atoms with Crippen LogP contribution in [0.1, 0.15) is 12.5 Å². The van der Waals surface area contributed by atoms with E-state index >= 15 is 0 Å². The zero-order valence-electron chi connectivity index (χ0n) is 17.6. The van der Waals surface area contributed by atoms with Crippen LogP contribution in [0.15, 0.2) is 72.1 Å². The van der Waals surface area contributed by atoms with E-state index in [1.165, 1.54) is 11.3 Å². The average molecular weight is 449 g/mol. The van der Waals surface area contributed by atoms with Crippen LogP contribution >= 0.6 is 11.3 Å². The van der Waals surface area contributed by atoms with Gasteiger partial charge in [-0.3, -0.25) is 9.36 Å². The lowest BCUT2D eigenvalue weighted by Crippen LogP contribution is -2.17. The maximum absolute atomic E-state index is 14.9. The van der Waals surface area contributed by atoms with Gasteiger partial charge in [0, 0.05) is 43.1 Å². The minimum absolute atomic E-state index is 0.304. The molecule has 0 unspecified atom stereocenters. The normalized spacial score (nSPS) is 12.0. The highest BCUT2D eigenvalue weighted by atomic mass is 32.1. The molecule has 5 aromatic rings. The second kappa shape index (κ2) is 8.39. The first-order valence-electron chi connectivity index (χ1n) is 10.1. The highest BCUT2D eigenvalue weighted by molar-refractivity contribution is 7.07. The van der Waals surface area contributed by atoms with E-state index in [2.05, 4.69) is 25.1 Å². The third kappa shape index (κ3) is 3.92. The van der Waals surface area contributed by atoms with Gasteiger partial charge in [0.25, 0.3) is 0 Å². The summed E-state index contributed by atoms with van der Waals surface area (Å²) >= 11 is 1.53. The standard InChI is InChI=1S/C22H21FN8S/c1-3-30-13-18(10-26-30)27-22-31(21(14-32-22)17-9-25-28(2)12-17)11-16-4-5-20(19(23)8-16)29-7-6-24-15-29/h4-10,12-15H,3,11H2,1-2H3. The Balaban J connectivity index is 1.57. The number of benzene rings is 1. The second-order valence-corrected chi connectivity index (χ2v) is 8.15.